The Kier molecular flexibility index (Phi) is 7.46. The lowest BCUT2D eigenvalue weighted by Gasteiger charge is -2.36. The van der Waals surface area contributed by atoms with Gasteiger partial charge >= 0.3 is 6.03 Å². The Balaban J connectivity index is 2.35. The van der Waals surface area contributed by atoms with Crippen molar-refractivity contribution >= 4 is 6.03 Å². The number of carbonyl (C=O) groups excluding carboxylic acids is 1. The molecule has 1 unspecified atom stereocenters. The summed E-state index contributed by atoms with van der Waals surface area (Å²) in [4.78, 5) is 14.2. The van der Waals surface area contributed by atoms with E-state index in [0.29, 0.717) is 32.2 Å². The van der Waals surface area contributed by atoms with Crippen molar-refractivity contribution in [1.82, 2.24) is 10.2 Å². The maximum absolute atomic E-state index is 12.3. The van der Waals surface area contributed by atoms with E-state index in [-0.39, 0.29) is 24.1 Å². The molecule has 0 spiro atoms. The van der Waals surface area contributed by atoms with Gasteiger partial charge in [-0.2, -0.15) is 0 Å². The van der Waals surface area contributed by atoms with Gasteiger partial charge in [0.15, 0.2) is 0 Å². The summed E-state index contributed by atoms with van der Waals surface area (Å²) >= 11 is 0. The molecule has 1 aliphatic rings. The van der Waals surface area contributed by atoms with Gasteiger partial charge in [-0.15, -0.1) is 0 Å². The van der Waals surface area contributed by atoms with E-state index in [1.807, 2.05) is 18.7 Å². The van der Waals surface area contributed by atoms with Crippen LogP contribution < -0.4 is 5.32 Å². The van der Waals surface area contributed by atoms with Gasteiger partial charge in [-0.1, -0.05) is 27.7 Å². The van der Waals surface area contributed by atoms with Crippen molar-refractivity contribution in [1.29, 1.82) is 0 Å². The molecule has 1 fully saturated rings. The zero-order valence-electron chi connectivity index (χ0n) is 14.0. The first-order chi connectivity index (χ1) is 9.85. The number of nitrogens with zero attached hydrogens (tertiary/aromatic N) is 1. The second-order valence-electron chi connectivity index (χ2n) is 7.21. The summed E-state index contributed by atoms with van der Waals surface area (Å²) < 4.78 is 5.50. The van der Waals surface area contributed by atoms with E-state index in [1.54, 1.807) is 0 Å². The number of rotatable bonds is 7. The molecule has 0 aromatic carbocycles. The van der Waals surface area contributed by atoms with Crippen molar-refractivity contribution in [3.05, 3.63) is 0 Å². The molecule has 1 atom stereocenters. The number of aliphatic hydroxyl groups excluding tert-OH is 1. The minimum Gasteiger partial charge on any atom is -0.396 e. The highest BCUT2D eigenvalue weighted by atomic mass is 16.5. The highest BCUT2D eigenvalue weighted by molar-refractivity contribution is 5.74. The summed E-state index contributed by atoms with van der Waals surface area (Å²) in [6.07, 6.45) is 2.77. The highest BCUT2D eigenvalue weighted by Gasteiger charge is 2.27. The lowest BCUT2D eigenvalue weighted by atomic mass is 9.89. The summed E-state index contributed by atoms with van der Waals surface area (Å²) in [5, 5.41) is 12.2. The highest BCUT2D eigenvalue weighted by Crippen LogP contribution is 2.20. The van der Waals surface area contributed by atoms with Crippen LogP contribution in [0.15, 0.2) is 0 Å². The maximum Gasteiger partial charge on any atom is 0.317 e. The summed E-state index contributed by atoms with van der Waals surface area (Å²) in [6.45, 7) is 11.2. The van der Waals surface area contributed by atoms with Crippen LogP contribution in [0.2, 0.25) is 0 Å². The quantitative estimate of drug-likeness (QED) is 0.709. The SMILES string of the molecule is CC(C)CC1COCCN1C(=O)NCCCC(C)(C)CO. The first-order valence-corrected chi connectivity index (χ1v) is 8.09. The number of hydrogen-bond acceptors (Lipinski definition) is 3. The molecule has 2 amide bonds. The fraction of sp³-hybridized carbons (Fsp3) is 0.938. The molecular formula is C16H32N2O3. The smallest absolute Gasteiger partial charge is 0.317 e. The Morgan fingerprint density at radius 1 is 1.48 bits per heavy atom. The predicted octanol–water partition coefficient (Wildman–Crippen LogP) is 2.24. The van der Waals surface area contributed by atoms with Crippen LogP contribution in [0, 0.1) is 11.3 Å². The van der Waals surface area contributed by atoms with E-state index in [1.165, 1.54) is 0 Å². The van der Waals surface area contributed by atoms with E-state index in [9.17, 15) is 9.90 Å². The molecule has 21 heavy (non-hydrogen) atoms. The molecule has 0 bridgehead atoms. The molecule has 0 aliphatic carbocycles. The molecule has 5 nitrogen and oxygen atoms in total. The Morgan fingerprint density at radius 2 is 2.19 bits per heavy atom. The van der Waals surface area contributed by atoms with Gasteiger partial charge < -0.3 is 20.1 Å². The number of aliphatic hydroxyl groups is 1. The molecule has 124 valence electrons. The van der Waals surface area contributed by atoms with Crippen LogP contribution >= 0.6 is 0 Å². The summed E-state index contributed by atoms with van der Waals surface area (Å²) in [5.74, 6) is 0.553. The Labute approximate surface area is 129 Å². The van der Waals surface area contributed by atoms with Crippen LogP contribution in [0.1, 0.15) is 47.0 Å². The first-order valence-electron chi connectivity index (χ1n) is 8.09. The molecule has 1 aliphatic heterocycles. The molecule has 1 saturated heterocycles. The molecule has 1 rings (SSSR count). The Hall–Kier alpha value is -0.810. The third-order valence-electron chi connectivity index (χ3n) is 3.97. The fourth-order valence-electron chi connectivity index (χ4n) is 2.60. The van der Waals surface area contributed by atoms with Crippen LogP contribution in [0.25, 0.3) is 0 Å². The average Bonchev–Trinajstić information content (AvgIpc) is 2.43. The van der Waals surface area contributed by atoms with Crippen molar-refractivity contribution < 1.29 is 14.6 Å². The largest absolute Gasteiger partial charge is 0.396 e. The topological polar surface area (TPSA) is 61.8 Å². The number of hydrogen-bond donors (Lipinski definition) is 2. The van der Waals surface area contributed by atoms with E-state index in [2.05, 4.69) is 19.2 Å². The third-order valence-corrected chi connectivity index (χ3v) is 3.97. The van der Waals surface area contributed by atoms with Crippen LogP contribution in [0.5, 0.6) is 0 Å². The molecular weight excluding hydrogens is 268 g/mol. The monoisotopic (exact) mass is 300 g/mol. The van der Waals surface area contributed by atoms with Gasteiger partial charge in [-0.25, -0.2) is 4.79 Å². The Bertz CT molecular complexity index is 319. The van der Waals surface area contributed by atoms with Crippen molar-refractivity contribution in [2.75, 3.05) is 32.9 Å². The van der Waals surface area contributed by atoms with Gasteiger partial charge in [0.25, 0.3) is 0 Å². The van der Waals surface area contributed by atoms with Crippen molar-refractivity contribution in [2.45, 2.75) is 53.0 Å². The third kappa shape index (κ3) is 6.66. The molecule has 0 aromatic heterocycles. The fourth-order valence-corrected chi connectivity index (χ4v) is 2.60. The van der Waals surface area contributed by atoms with Gasteiger partial charge in [0, 0.05) is 19.7 Å². The van der Waals surface area contributed by atoms with Crippen LogP contribution in [0.3, 0.4) is 0 Å². The lowest BCUT2D eigenvalue weighted by molar-refractivity contribution is 0.00555. The van der Waals surface area contributed by atoms with Crippen LogP contribution in [-0.2, 0) is 4.74 Å². The van der Waals surface area contributed by atoms with Gasteiger partial charge in [0.05, 0.1) is 19.3 Å². The van der Waals surface area contributed by atoms with E-state index in [4.69, 9.17) is 4.74 Å². The molecule has 0 saturated carbocycles. The standard InChI is InChI=1S/C16H32N2O3/c1-13(2)10-14-11-21-9-8-18(14)15(20)17-7-5-6-16(3,4)12-19/h13-14,19H,5-12H2,1-4H3,(H,17,20). The number of urea groups is 1. The maximum atomic E-state index is 12.3. The molecule has 1 heterocycles. The van der Waals surface area contributed by atoms with Crippen molar-refractivity contribution in [3.63, 3.8) is 0 Å². The lowest BCUT2D eigenvalue weighted by Crippen LogP contribution is -2.53. The Morgan fingerprint density at radius 3 is 2.81 bits per heavy atom. The van der Waals surface area contributed by atoms with Crippen LogP contribution in [-0.4, -0.2) is 55.0 Å². The predicted molar refractivity (Wildman–Crippen MR) is 84.3 cm³/mol. The molecule has 0 radical (unpaired) electrons. The number of ether oxygens (including phenoxy) is 1. The number of carbonyl (C=O) groups is 1. The van der Waals surface area contributed by atoms with E-state index >= 15 is 0 Å². The van der Waals surface area contributed by atoms with Crippen LogP contribution in [0.4, 0.5) is 4.79 Å². The summed E-state index contributed by atoms with van der Waals surface area (Å²) in [5.41, 5.74) is -0.0656. The van der Waals surface area contributed by atoms with Gasteiger partial charge in [-0.3, -0.25) is 0 Å². The minimum absolute atomic E-state index is 0.0192. The minimum atomic E-state index is -0.0656. The summed E-state index contributed by atoms with van der Waals surface area (Å²) in [7, 11) is 0. The number of morpholine rings is 1. The molecule has 5 heteroatoms. The number of amides is 2. The zero-order chi connectivity index (χ0) is 15.9. The van der Waals surface area contributed by atoms with E-state index in [0.717, 1.165) is 19.3 Å². The second kappa shape index (κ2) is 8.59. The van der Waals surface area contributed by atoms with Gasteiger partial charge in [0.2, 0.25) is 0 Å². The normalized spacial score (nSPS) is 19.9. The van der Waals surface area contributed by atoms with E-state index < -0.39 is 0 Å². The van der Waals surface area contributed by atoms with Crippen molar-refractivity contribution in [3.8, 4) is 0 Å². The summed E-state index contributed by atoms with van der Waals surface area (Å²) in [6, 6.07) is 0.207. The molecule has 2 N–H and O–H groups in total. The number of nitrogens with one attached hydrogen (secondary N) is 1. The average molecular weight is 300 g/mol. The first kappa shape index (κ1) is 18.2. The van der Waals surface area contributed by atoms with Crippen molar-refractivity contribution in [2.24, 2.45) is 11.3 Å². The zero-order valence-corrected chi connectivity index (χ0v) is 14.0. The van der Waals surface area contributed by atoms with Gasteiger partial charge in [-0.05, 0) is 30.6 Å². The second-order valence-corrected chi connectivity index (χ2v) is 7.21. The molecule has 0 aromatic rings. The van der Waals surface area contributed by atoms with Gasteiger partial charge in [0.1, 0.15) is 0 Å².